The standard InChI is InChI=1S/C61H106O6/c1-4-7-10-13-16-19-22-24-26-28-29-30-31-33-34-36-39-42-45-48-51-54-60(63)66-57-58(56-65-59(62)53-50-47-44-41-38-21-18-15-12-9-6-3)67-61(64)55-52-49-46-43-40-37-35-32-27-25-23-20-17-14-11-8-5-2/h8,11,17,20,22,24-25,27-29,35,37,58H,4-7,9-10,12-16,18-19,21,23,26,30-34,36,38-57H2,1-3H3/b11-8-,20-17-,24-22-,27-25-,29-28-,37-35-. The van der Waals surface area contributed by atoms with Crippen molar-refractivity contribution in [3.8, 4) is 0 Å². The van der Waals surface area contributed by atoms with Gasteiger partial charge in [0.15, 0.2) is 6.10 Å². The topological polar surface area (TPSA) is 78.9 Å². The molecule has 0 aromatic heterocycles. The maximum absolute atomic E-state index is 12.8. The molecule has 1 atom stereocenters. The van der Waals surface area contributed by atoms with Gasteiger partial charge in [-0.05, 0) is 89.9 Å². The molecule has 67 heavy (non-hydrogen) atoms. The highest BCUT2D eigenvalue weighted by molar-refractivity contribution is 5.71. The van der Waals surface area contributed by atoms with E-state index in [9.17, 15) is 14.4 Å². The van der Waals surface area contributed by atoms with E-state index in [4.69, 9.17) is 14.2 Å². The molecule has 0 spiro atoms. The smallest absolute Gasteiger partial charge is 0.306 e. The van der Waals surface area contributed by atoms with Crippen LogP contribution in [-0.2, 0) is 28.6 Å². The molecule has 6 nitrogen and oxygen atoms in total. The van der Waals surface area contributed by atoms with Gasteiger partial charge in [0.1, 0.15) is 13.2 Å². The molecule has 0 heterocycles. The fourth-order valence-electron chi connectivity index (χ4n) is 7.93. The van der Waals surface area contributed by atoms with Crippen molar-refractivity contribution < 1.29 is 28.6 Å². The Kier molecular flexibility index (Phi) is 52.8. The van der Waals surface area contributed by atoms with Crippen molar-refractivity contribution in [3.05, 3.63) is 72.9 Å². The lowest BCUT2D eigenvalue weighted by molar-refractivity contribution is -0.167. The van der Waals surface area contributed by atoms with Crippen LogP contribution in [0.2, 0.25) is 0 Å². The molecule has 0 fully saturated rings. The fourth-order valence-corrected chi connectivity index (χ4v) is 7.93. The first-order valence-electron chi connectivity index (χ1n) is 28.4. The molecule has 0 aliphatic carbocycles. The largest absolute Gasteiger partial charge is 0.462 e. The molecule has 386 valence electrons. The highest BCUT2D eigenvalue weighted by Gasteiger charge is 2.19. The molecule has 0 aliphatic heterocycles. The predicted molar refractivity (Wildman–Crippen MR) is 288 cm³/mol. The van der Waals surface area contributed by atoms with E-state index in [1.807, 2.05) is 0 Å². The normalized spacial score (nSPS) is 12.6. The summed E-state index contributed by atoms with van der Waals surface area (Å²) in [6.07, 6.45) is 70.3. The number of rotatable bonds is 51. The Morgan fingerprint density at radius 1 is 0.313 bits per heavy atom. The van der Waals surface area contributed by atoms with Gasteiger partial charge in [-0.25, -0.2) is 0 Å². The Bertz CT molecular complexity index is 1260. The summed E-state index contributed by atoms with van der Waals surface area (Å²) >= 11 is 0. The summed E-state index contributed by atoms with van der Waals surface area (Å²) in [6, 6.07) is 0. The zero-order valence-corrected chi connectivity index (χ0v) is 44.2. The van der Waals surface area contributed by atoms with Gasteiger partial charge < -0.3 is 14.2 Å². The molecule has 0 aliphatic rings. The number of allylic oxidation sites excluding steroid dienone is 12. The van der Waals surface area contributed by atoms with Crippen molar-refractivity contribution in [2.75, 3.05) is 13.2 Å². The van der Waals surface area contributed by atoms with Crippen molar-refractivity contribution in [3.63, 3.8) is 0 Å². The van der Waals surface area contributed by atoms with Crippen LogP contribution in [-0.4, -0.2) is 37.2 Å². The minimum absolute atomic E-state index is 0.0849. The molecule has 1 unspecified atom stereocenters. The maximum atomic E-state index is 12.8. The van der Waals surface area contributed by atoms with Crippen LogP contribution in [0.25, 0.3) is 0 Å². The molecule has 0 saturated heterocycles. The summed E-state index contributed by atoms with van der Waals surface area (Å²) in [4.78, 5) is 38.1. The molecule has 0 amide bonds. The van der Waals surface area contributed by atoms with Gasteiger partial charge in [-0.2, -0.15) is 0 Å². The van der Waals surface area contributed by atoms with Crippen LogP contribution in [0.3, 0.4) is 0 Å². The SMILES string of the molecule is CC/C=C\C/C=C\C/C=C\C/C=C\CCCCCCC(=O)OC(COC(=O)CCCCCCCCCCC/C=C\C/C=C\CCCCCCC)COC(=O)CCCCCCCCCCCCC. The molecule has 0 radical (unpaired) electrons. The van der Waals surface area contributed by atoms with Gasteiger partial charge in [0.05, 0.1) is 0 Å². The lowest BCUT2D eigenvalue weighted by atomic mass is 10.1. The van der Waals surface area contributed by atoms with Gasteiger partial charge in [0.25, 0.3) is 0 Å². The van der Waals surface area contributed by atoms with E-state index < -0.39 is 6.10 Å². The molecule has 0 aromatic carbocycles. The zero-order chi connectivity index (χ0) is 48.6. The van der Waals surface area contributed by atoms with Gasteiger partial charge in [0.2, 0.25) is 0 Å². The van der Waals surface area contributed by atoms with E-state index in [0.717, 1.165) is 103 Å². The Morgan fingerprint density at radius 3 is 0.910 bits per heavy atom. The summed E-state index contributed by atoms with van der Waals surface area (Å²) in [5.74, 6) is -0.907. The van der Waals surface area contributed by atoms with Gasteiger partial charge in [-0.3, -0.25) is 14.4 Å². The summed E-state index contributed by atoms with van der Waals surface area (Å²) in [5.41, 5.74) is 0. The highest BCUT2D eigenvalue weighted by Crippen LogP contribution is 2.15. The third-order valence-corrected chi connectivity index (χ3v) is 12.2. The minimum atomic E-state index is -0.788. The summed E-state index contributed by atoms with van der Waals surface area (Å²) in [7, 11) is 0. The predicted octanol–water partition coefficient (Wildman–Crippen LogP) is 19.0. The van der Waals surface area contributed by atoms with E-state index in [1.165, 1.54) is 135 Å². The molecule has 0 aromatic rings. The van der Waals surface area contributed by atoms with E-state index in [2.05, 4.69) is 93.7 Å². The average Bonchev–Trinajstić information content (AvgIpc) is 3.33. The summed E-state index contributed by atoms with van der Waals surface area (Å²) in [6.45, 7) is 6.50. The average molecular weight is 936 g/mol. The fraction of sp³-hybridized carbons (Fsp3) is 0.754. The second kappa shape index (κ2) is 55.4. The van der Waals surface area contributed by atoms with Crippen LogP contribution in [0.1, 0.15) is 278 Å². The quantitative estimate of drug-likeness (QED) is 0.0262. The summed E-state index contributed by atoms with van der Waals surface area (Å²) < 4.78 is 16.8. The van der Waals surface area contributed by atoms with Gasteiger partial charge in [-0.15, -0.1) is 0 Å². The monoisotopic (exact) mass is 935 g/mol. The van der Waals surface area contributed by atoms with Gasteiger partial charge in [-0.1, -0.05) is 241 Å². The van der Waals surface area contributed by atoms with Crippen LogP contribution >= 0.6 is 0 Å². The molecule has 0 N–H and O–H groups in total. The Labute approximate surface area is 414 Å². The van der Waals surface area contributed by atoms with Crippen molar-refractivity contribution in [1.82, 2.24) is 0 Å². The molecule has 0 saturated carbocycles. The van der Waals surface area contributed by atoms with E-state index >= 15 is 0 Å². The molecular formula is C61H106O6. The first kappa shape index (κ1) is 63.8. The molecular weight excluding hydrogens is 829 g/mol. The van der Waals surface area contributed by atoms with Crippen LogP contribution in [0.5, 0.6) is 0 Å². The van der Waals surface area contributed by atoms with Crippen molar-refractivity contribution in [2.45, 2.75) is 284 Å². The lowest BCUT2D eigenvalue weighted by Crippen LogP contribution is -2.30. The second-order valence-electron chi connectivity index (χ2n) is 18.8. The minimum Gasteiger partial charge on any atom is -0.462 e. The first-order chi connectivity index (χ1) is 33.0. The Hall–Kier alpha value is -3.15. The first-order valence-corrected chi connectivity index (χ1v) is 28.4. The third-order valence-electron chi connectivity index (χ3n) is 12.2. The maximum Gasteiger partial charge on any atom is 0.306 e. The van der Waals surface area contributed by atoms with Crippen molar-refractivity contribution >= 4 is 17.9 Å². The Balaban J connectivity index is 4.36. The van der Waals surface area contributed by atoms with Crippen LogP contribution < -0.4 is 0 Å². The van der Waals surface area contributed by atoms with Gasteiger partial charge >= 0.3 is 17.9 Å². The van der Waals surface area contributed by atoms with Crippen LogP contribution in [0.4, 0.5) is 0 Å². The number of carbonyl (C=O) groups excluding carboxylic acids is 3. The number of ether oxygens (including phenoxy) is 3. The zero-order valence-electron chi connectivity index (χ0n) is 44.2. The number of esters is 3. The van der Waals surface area contributed by atoms with Gasteiger partial charge in [0, 0.05) is 19.3 Å². The molecule has 0 rings (SSSR count). The van der Waals surface area contributed by atoms with Crippen LogP contribution in [0, 0.1) is 0 Å². The molecule has 0 bridgehead atoms. The van der Waals surface area contributed by atoms with E-state index in [0.29, 0.717) is 19.3 Å². The molecule has 6 heteroatoms. The number of hydrogen-bond donors (Lipinski definition) is 0. The number of carbonyl (C=O) groups is 3. The lowest BCUT2D eigenvalue weighted by Gasteiger charge is -2.18. The van der Waals surface area contributed by atoms with Crippen molar-refractivity contribution in [1.29, 1.82) is 0 Å². The van der Waals surface area contributed by atoms with Crippen molar-refractivity contribution in [2.24, 2.45) is 0 Å². The van der Waals surface area contributed by atoms with E-state index in [1.54, 1.807) is 0 Å². The second-order valence-corrected chi connectivity index (χ2v) is 18.8. The number of hydrogen-bond acceptors (Lipinski definition) is 6. The third kappa shape index (κ3) is 53.7. The van der Waals surface area contributed by atoms with E-state index in [-0.39, 0.29) is 31.1 Å². The number of unbranched alkanes of at least 4 members (excludes halogenated alkanes) is 28. The Morgan fingerprint density at radius 2 is 0.582 bits per heavy atom. The highest BCUT2D eigenvalue weighted by atomic mass is 16.6. The van der Waals surface area contributed by atoms with Crippen LogP contribution in [0.15, 0.2) is 72.9 Å². The summed E-state index contributed by atoms with van der Waals surface area (Å²) in [5, 5.41) is 0.